The van der Waals surface area contributed by atoms with Crippen LogP contribution >= 0.6 is 27.5 Å². The lowest BCUT2D eigenvalue weighted by Crippen LogP contribution is -2.41. The highest BCUT2D eigenvalue weighted by molar-refractivity contribution is 9.10. The molecule has 1 aliphatic heterocycles. The Hall–Kier alpha value is -1.49. The van der Waals surface area contributed by atoms with E-state index in [0.29, 0.717) is 12.5 Å². The highest BCUT2D eigenvalue weighted by atomic mass is 79.9. The van der Waals surface area contributed by atoms with E-state index in [4.69, 9.17) is 21.1 Å². The molecule has 0 amide bonds. The van der Waals surface area contributed by atoms with Crippen LogP contribution in [0, 0.1) is 11.8 Å². The lowest BCUT2D eigenvalue weighted by atomic mass is 9.96. The Bertz CT molecular complexity index is 864. The first kappa shape index (κ1) is 24.2. The van der Waals surface area contributed by atoms with Gasteiger partial charge in [-0.2, -0.15) is 0 Å². The van der Waals surface area contributed by atoms with Gasteiger partial charge >= 0.3 is 0 Å². The largest absolute Gasteiger partial charge is 0.490 e. The van der Waals surface area contributed by atoms with E-state index in [1.165, 1.54) is 32.4 Å². The number of hydrogen-bond acceptors (Lipinski definition) is 3. The zero-order valence-corrected chi connectivity index (χ0v) is 20.8. The third-order valence-corrected chi connectivity index (χ3v) is 6.26. The molecule has 2 aromatic rings. The summed E-state index contributed by atoms with van der Waals surface area (Å²) in [5, 5.41) is 4.06. The summed E-state index contributed by atoms with van der Waals surface area (Å²) in [4.78, 5) is 0. The second kappa shape index (κ2) is 12.5. The van der Waals surface area contributed by atoms with Gasteiger partial charge in [0.25, 0.3) is 0 Å². The van der Waals surface area contributed by atoms with Gasteiger partial charge < -0.3 is 14.8 Å². The van der Waals surface area contributed by atoms with Crippen LogP contribution in [0.1, 0.15) is 50.7 Å². The van der Waals surface area contributed by atoms with Crippen molar-refractivity contribution in [3.8, 4) is 11.5 Å². The van der Waals surface area contributed by atoms with Gasteiger partial charge in [-0.1, -0.05) is 78.5 Å². The zero-order valence-electron chi connectivity index (χ0n) is 18.5. The molecule has 0 aromatic heterocycles. The van der Waals surface area contributed by atoms with Gasteiger partial charge in [0.15, 0.2) is 11.5 Å². The van der Waals surface area contributed by atoms with Crippen molar-refractivity contribution in [2.75, 3.05) is 26.3 Å². The standard InChI is InChI=1S/C26H33BrClNO2/c1-19(2)18-31-25-12-8-20(7-9-22-10-11-23(28)15-24(22)27)14-26(25)30-13-5-3-4-6-21-16-29-17-21/h7-12,14-15,19,21,29H,3-6,13,16-18H2,1-2H3/b9-7+. The Morgan fingerprint density at radius 3 is 2.58 bits per heavy atom. The van der Waals surface area contributed by atoms with Gasteiger partial charge in [0.2, 0.25) is 0 Å². The first-order chi connectivity index (χ1) is 15.0. The molecule has 0 radical (unpaired) electrons. The molecule has 3 rings (SSSR count). The Kier molecular flexibility index (Phi) is 9.76. The van der Waals surface area contributed by atoms with Crippen molar-refractivity contribution in [2.24, 2.45) is 11.8 Å². The molecule has 0 spiro atoms. The molecule has 3 nitrogen and oxygen atoms in total. The second-order valence-electron chi connectivity index (χ2n) is 8.63. The monoisotopic (exact) mass is 505 g/mol. The number of unbranched alkanes of at least 4 members (excludes halogenated alkanes) is 2. The van der Waals surface area contributed by atoms with E-state index in [-0.39, 0.29) is 0 Å². The van der Waals surface area contributed by atoms with Crippen LogP contribution in [0.3, 0.4) is 0 Å². The minimum atomic E-state index is 0.468. The number of halogens is 2. The molecule has 31 heavy (non-hydrogen) atoms. The molecule has 1 saturated heterocycles. The van der Waals surface area contributed by atoms with E-state index in [0.717, 1.165) is 51.1 Å². The average Bonchev–Trinajstić information content (AvgIpc) is 2.70. The van der Waals surface area contributed by atoms with Crippen LogP contribution in [-0.2, 0) is 0 Å². The van der Waals surface area contributed by atoms with Crippen LogP contribution in [-0.4, -0.2) is 26.3 Å². The third-order valence-electron chi connectivity index (χ3n) is 5.34. The quantitative estimate of drug-likeness (QED) is 0.239. The maximum Gasteiger partial charge on any atom is 0.161 e. The molecule has 1 fully saturated rings. The first-order valence-corrected chi connectivity index (χ1v) is 12.4. The highest BCUT2D eigenvalue weighted by Crippen LogP contribution is 2.31. The van der Waals surface area contributed by atoms with Crippen molar-refractivity contribution in [1.82, 2.24) is 5.32 Å². The second-order valence-corrected chi connectivity index (χ2v) is 9.92. The fourth-order valence-electron chi connectivity index (χ4n) is 3.39. The molecule has 1 N–H and O–H groups in total. The molecule has 1 aliphatic rings. The van der Waals surface area contributed by atoms with Gasteiger partial charge in [-0.15, -0.1) is 0 Å². The predicted octanol–water partition coefficient (Wildman–Crippen LogP) is 7.47. The van der Waals surface area contributed by atoms with Crippen LogP contribution < -0.4 is 14.8 Å². The number of nitrogens with one attached hydrogen (secondary N) is 1. The molecule has 2 aromatic carbocycles. The molecule has 0 aliphatic carbocycles. The predicted molar refractivity (Wildman–Crippen MR) is 135 cm³/mol. The molecule has 1 heterocycles. The van der Waals surface area contributed by atoms with Gasteiger partial charge in [-0.3, -0.25) is 0 Å². The van der Waals surface area contributed by atoms with Crippen molar-refractivity contribution < 1.29 is 9.47 Å². The van der Waals surface area contributed by atoms with Gasteiger partial charge in [-0.25, -0.2) is 0 Å². The fraction of sp³-hybridized carbons (Fsp3) is 0.462. The Morgan fingerprint density at radius 2 is 1.87 bits per heavy atom. The van der Waals surface area contributed by atoms with E-state index >= 15 is 0 Å². The summed E-state index contributed by atoms with van der Waals surface area (Å²) in [5.74, 6) is 3.00. The number of benzene rings is 2. The van der Waals surface area contributed by atoms with Crippen LogP contribution in [0.4, 0.5) is 0 Å². The molecule has 0 bridgehead atoms. The normalized spacial score (nSPS) is 14.2. The van der Waals surface area contributed by atoms with E-state index in [1.54, 1.807) is 0 Å². The van der Waals surface area contributed by atoms with Crippen LogP contribution in [0.2, 0.25) is 5.02 Å². The summed E-state index contributed by atoms with van der Waals surface area (Å²) in [6.45, 7) is 8.09. The van der Waals surface area contributed by atoms with Crippen molar-refractivity contribution in [1.29, 1.82) is 0 Å². The Labute approximate surface area is 200 Å². The molecule has 5 heteroatoms. The maximum absolute atomic E-state index is 6.15. The lowest BCUT2D eigenvalue weighted by Gasteiger charge is -2.26. The number of rotatable bonds is 12. The summed E-state index contributed by atoms with van der Waals surface area (Å²) in [6, 6.07) is 11.9. The molecule has 168 valence electrons. The van der Waals surface area contributed by atoms with Gasteiger partial charge in [-0.05, 0) is 73.2 Å². The van der Waals surface area contributed by atoms with Crippen LogP contribution in [0.15, 0.2) is 40.9 Å². The summed E-state index contributed by atoms with van der Waals surface area (Å²) in [7, 11) is 0. The zero-order chi connectivity index (χ0) is 22.1. The minimum absolute atomic E-state index is 0.468. The third kappa shape index (κ3) is 8.17. The SMILES string of the molecule is CC(C)COc1ccc(/C=C/c2ccc(Cl)cc2Br)cc1OCCCCCC1CNC1. The number of hydrogen-bond donors (Lipinski definition) is 1. The Balaban J connectivity index is 1.60. The highest BCUT2D eigenvalue weighted by Gasteiger charge is 2.15. The van der Waals surface area contributed by atoms with Crippen molar-refractivity contribution in [2.45, 2.75) is 39.5 Å². The molecule has 0 saturated carbocycles. The lowest BCUT2D eigenvalue weighted by molar-refractivity contribution is 0.239. The summed E-state index contributed by atoms with van der Waals surface area (Å²) < 4.78 is 13.1. The summed E-state index contributed by atoms with van der Waals surface area (Å²) in [6.07, 6.45) is 9.05. The molecule has 0 unspecified atom stereocenters. The fourth-order valence-corrected chi connectivity index (χ4v) is 4.20. The van der Waals surface area contributed by atoms with Crippen molar-refractivity contribution in [3.05, 3.63) is 57.0 Å². The van der Waals surface area contributed by atoms with E-state index < -0.39 is 0 Å². The molecular formula is C26H33BrClNO2. The first-order valence-electron chi connectivity index (χ1n) is 11.2. The number of ether oxygens (including phenoxy) is 2. The van der Waals surface area contributed by atoms with E-state index in [9.17, 15) is 0 Å². The van der Waals surface area contributed by atoms with Crippen LogP contribution in [0.25, 0.3) is 12.2 Å². The van der Waals surface area contributed by atoms with E-state index in [2.05, 4.69) is 59.4 Å². The summed E-state index contributed by atoms with van der Waals surface area (Å²) in [5.41, 5.74) is 2.15. The smallest absolute Gasteiger partial charge is 0.161 e. The maximum atomic E-state index is 6.15. The van der Waals surface area contributed by atoms with Crippen molar-refractivity contribution >= 4 is 39.7 Å². The summed E-state index contributed by atoms with van der Waals surface area (Å²) >= 11 is 9.61. The molecular weight excluding hydrogens is 474 g/mol. The topological polar surface area (TPSA) is 30.5 Å². The Morgan fingerprint density at radius 1 is 1.03 bits per heavy atom. The van der Waals surface area contributed by atoms with E-state index in [1.807, 2.05) is 24.3 Å². The minimum Gasteiger partial charge on any atom is -0.490 e. The van der Waals surface area contributed by atoms with Gasteiger partial charge in [0, 0.05) is 9.50 Å². The molecule has 0 atom stereocenters. The van der Waals surface area contributed by atoms with Gasteiger partial charge in [0.1, 0.15) is 0 Å². The van der Waals surface area contributed by atoms with Gasteiger partial charge in [0.05, 0.1) is 13.2 Å². The van der Waals surface area contributed by atoms with Crippen molar-refractivity contribution in [3.63, 3.8) is 0 Å². The van der Waals surface area contributed by atoms with Crippen LogP contribution in [0.5, 0.6) is 11.5 Å². The average molecular weight is 507 g/mol.